The lowest BCUT2D eigenvalue weighted by Gasteiger charge is -2.25. The van der Waals surface area contributed by atoms with Gasteiger partial charge in [0.1, 0.15) is 12.4 Å². The Labute approximate surface area is 251 Å². The second-order valence-corrected chi connectivity index (χ2v) is 11.1. The number of anilines is 1. The fraction of sp³-hybridized carbons (Fsp3) is 0.219. The molecule has 0 fully saturated rings. The van der Waals surface area contributed by atoms with Crippen LogP contribution in [0.5, 0.6) is 5.75 Å². The number of nitrogens with zero attached hydrogens (tertiary/aromatic N) is 4. The van der Waals surface area contributed by atoms with Crippen molar-refractivity contribution in [2.45, 2.75) is 26.5 Å². The Morgan fingerprint density at radius 3 is 2.35 bits per heavy atom. The minimum Gasteiger partial charge on any atom is -0.489 e. The fourth-order valence-corrected chi connectivity index (χ4v) is 5.80. The summed E-state index contributed by atoms with van der Waals surface area (Å²) in [6, 6.07) is 20.6. The summed E-state index contributed by atoms with van der Waals surface area (Å²) in [7, 11) is 3.90. The van der Waals surface area contributed by atoms with Gasteiger partial charge < -0.3 is 14.4 Å². The molecule has 43 heavy (non-hydrogen) atoms. The van der Waals surface area contributed by atoms with Gasteiger partial charge >= 0.3 is 5.97 Å². The molecule has 0 bridgehead atoms. The number of fused-ring (bicyclic) bond motifs is 1. The summed E-state index contributed by atoms with van der Waals surface area (Å²) in [4.78, 5) is 44.5. The number of non-ortho nitro benzene ring substituents is 1. The number of ether oxygens (including phenoxy) is 2. The first kappa shape index (κ1) is 29.5. The van der Waals surface area contributed by atoms with Crippen LogP contribution in [0.3, 0.4) is 0 Å². The number of thiazole rings is 1. The Morgan fingerprint density at radius 2 is 1.74 bits per heavy atom. The number of carbonyl (C=O) groups excluding carboxylic acids is 1. The number of aromatic nitrogens is 1. The van der Waals surface area contributed by atoms with Crippen molar-refractivity contribution in [1.29, 1.82) is 0 Å². The van der Waals surface area contributed by atoms with Crippen LogP contribution in [0.2, 0.25) is 0 Å². The summed E-state index contributed by atoms with van der Waals surface area (Å²) in [5.41, 5.74) is 4.01. The normalized spacial score (nSPS) is 14.6. The van der Waals surface area contributed by atoms with Gasteiger partial charge in [-0.05, 0) is 73.0 Å². The van der Waals surface area contributed by atoms with Crippen molar-refractivity contribution < 1.29 is 19.2 Å². The van der Waals surface area contributed by atoms with Crippen LogP contribution in [-0.4, -0.2) is 36.2 Å². The largest absolute Gasteiger partial charge is 0.489 e. The summed E-state index contributed by atoms with van der Waals surface area (Å²) in [5, 5.41) is 10.8. The van der Waals surface area contributed by atoms with Crippen molar-refractivity contribution >= 4 is 34.8 Å². The number of rotatable bonds is 9. The second kappa shape index (κ2) is 12.5. The highest BCUT2D eigenvalue weighted by atomic mass is 32.1. The van der Waals surface area contributed by atoms with Crippen LogP contribution in [0, 0.1) is 10.1 Å². The number of nitro groups is 1. The molecular weight excluding hydrogens is 568 g/mol. The predicted molar refractivity (Wildman–Crippen MR) is 165 cm³/mol. The van der Waals surface area contributed by atoms with Crippen LogP contribution in [0.1, 0.15) is 36.6 Å². The number of esters is 1. The molecule has 1 atom stereocenters. The third-order valence-electron chi connectivity index (χ3n) is 6.97. The minimum absolute atomic E-state index is 0.0271. The van der Waals surface area contributed by atoms with Gasteiger partial charge in [-0.15, -0.1) is 0 Å². The lowest BCUT2D eigenvalue weighted by Crippen LogP contribution is -2.39. The van der Waals surface area contributed by atoms with E-state index in [0.29, 0.717) is 26.4 Å². The first-order valence-electron chi connectivity index (χ1n) is 13.6. The molecule has 0 unspecified atom stereocenters. The van der Waals surface area contributed by atoms with Gasteiger partial charge in [-0.2, -0.15) is 0 Å². The molecule has 4 aromatic rings. The van der Waals surface area contributed by atoms with E-state index in [9.17, 15) is 19.7 Å². The van der Waals surface area contributed by atoms with E-state index >= 15 is 0 Å². The summed E-state index contributed by atoms with van der Waals surface area (Å²) in [5.74, 6) is 0.122. The molecule has 1 aromatic heterocycles. The predicted octanol–water partition coefficient (Wildman–Crippen LogP) is 4.35. The molecule has 0 N–H and O–H groups in total. The highest BCUT2D eigenvalue weighted by Crippen LogP contribution is 2.31. The molecular formula is C32H30N4O6S. The molecule has 5 rings (SSSR count). The number of allylic oxidation sites excluding steroid dienone is 1. The number of hydrogen-bond acceptors (Lipinski definition) is 9. The highest BCUT2D eigenvalue weighted by Gasteiger charge is 2.33. The molecule has 0 saturated carbocycles. The van der Waals surface area contributed by atoms with E-state index in [1.165, 1.54) is 23.5 Å². The van der Waals surface area contributed by atoms with Gasteiger partial charge in [0, 0.05) is 31.9 Å². The lowest BCUT2D eigenvalue weighted by molar-refractivity contribution is -0.384. The van der Waals surface area contributed by atoms with Crippen molar-refractivity contribution in [2.75, 3.05) is 25.6 Å². The molecule has 11 heteroatoms. The molecule has 10 nitrogen and oxygen atoms in total. The molecule has 1 aliphatic rings. The zero-order chi connectivity index (χ0) is 30.7. The Hall–Kier alpha value is -5.03. The standard InChI is InChI=1S/C32H30N4O6S/c1-5-41-31(38)28-20(2)33-32-35(29(28)23-10-14-24(15-11-23)34(3)4)30(37)27(43-32)18-21-8-16-26(17-9-21)42-19-22-6-12-25(13-7-22)36(39)40/h6-18,29H,5,19H2,1-4H3/b27-18-/t29-/m0/s1. The van der Waals surface area contributed by atoms with Gasteiger partial charge in [0.15, 0.2) is 4.80 Å². The van der Waals surface area contributed by atoms with Crippen LogP contribution >= 0.6 is 11.3 Å². The summed E-state index contributed by atoms with van der Waals surface area (Å²) in [6.45, 7) is 3.98. The molecule has 0 radical (unpaired) electrons. The van der Waals surface area contributed by atoms with E-state index < -0.39 is 16.9 Å². The van der Waals surface area contributed by atoms with Gasteiger partial charge in [0.25, 0.3) is 11.2 Å². The van der Waals surface area contributed by atoms with Gasteiger partial charge in [-0.3, -0.25) is 19.5 Å². The maximum Gasteiger partial charge on any atom is 0.338 e. The number of carbonyl (C=O) groups is 1. The van der Waals surface area contributed by atoms with Crippen molar-refractivity contribution in [2.24, 2.45) is 4.99 Å². The van der Waals surface area contributed by atoms with Crippen LogP contribution in [0.25, 0.3) is 6.08 Å². The van der Waals surface area contributed by atoms with Gasteiger partial charge in [-0.25, -0.2) is 9.79 Å². The number of benzene rings is 3. The van der Waals surface area contributed by atoms with E-state index in [4.69, 9.17) is 9.47 Å². The molecule has 220 valence electrons. The van der Waals surface area contributed by atoms with E-state index in [-0.39, 0.29) is 24.5 Å². The van der Waals surface area contributed by atoms with Crippen molar-refractivity contribution in [3.05, 3.63) is 131 Å². The van der Waals surface area contributed by atoms with Crippen molar-refractivity contribution in [3.8, 4) is 5.75 Å². The average Bonchev–Trinajstić information content (AvgIpc) is 3.30. The first-order chi connectivity index (χ1) is 20.7. The molecule has 3 aromatic carbocycles. The first-order valence-corrected chi connectivity index (χ1v) is 14.4. The van der Waals surface area contributed by atoms with Crippen molar-refractivity contribution in [3.63, 3.8) is 0 Å². The van der Waals surface area contributed by atoms with E-state index in [2.05, 4.69) is 4.99 Å². The van der Waals surface area contributed by atoms with E-state index in [1.54, 1.807) is 48.8 Å². The van der Waals surface area contributed by atoms with E-state index in [1.807, 2.05) is 55.4 Å². The Kier molecular flexibility index (Phi) is 8.53. The average molecular weight is 599 g/mol. The Morgan fingerprint density at radius 1 is 1.07 bits per heavy atom. The lowest BCUT2D eigenvalue weighted by atomic mass is 9.95. The zero-order valence-electron chi connectivity index (χ0n) is 24.1. The van der Waals surface area contributed by atoms with Gasteiger partial charge in [-0.1, -0.05) is 35.6 Å². The smallest absolute Gasteiger partial charge is 0.338 e. The number of hydrogen-bond donors (Lipinski definition) is 0. The SMILES string of the molecule is CCOC(=O)C1=C(C)N=c2s/c(=C\c3ccc(OCc4ccc([N+](=O)[O-])cc4)cc3)c(=O)n2[C@H]1c1ccc(N(C)C)cc1. The van der Waals surface area contributed by atoms with Crippen LogP contribution in [0.4, 0.5) is 11.4 Å². The molecule has 2 heterocycles. The van der Waals surface area contributed by atoms with Gasteiger partial charge in [0.05, 0.1) is 33.4 Å². The molecule has 0 saturated heterocycles. The fourth-order valence-electron chi connectivity index (χ4n) is 4.75. The third-order valence-corrected chi connectivity index (χ3v) is 7.96. The van der Waals surface area contributed by atoms with Crippen molar-refractivity contribution in [1.82, 2.24) is 4.57 Å². The van der Waals surface area contributed by atoms with Crippen LogP contribution < -0.4 is 24.5 Å². The summed E-state index contributed by atoms with van der Waals surface area (Å²) >= 11 is 1.26. The maximum absolute atomic E-state index is 13.8. The quantitative estimate of drug-likeness (QED) is 0.160. The summed E-state index contributed by atoms with van der Waals surface area (Å²) < 4.78 is 13.2. The molecule has 0 amide bonds. The minimum atomic E-state index is -0.677. The maximum atomic E-state index is 13.8. The Bertz CT molecular complexity index is 1870. The molecule has 1 aliphatic heterocycles. The monoisotopic (exact) mass is 598 g/mol. The number of nitro benzene ring substituents is 1. The molecule has 0 aliphatic carbocycles. The Balaban J connectivity index is 1.45. The topological polar surface area (TPSA) is 116 Å². The highest BCUT2D eigenvalue weighted by molar-refractivity contribution is 7.07. The molecule has 0 spiro atoms. The van der Waals surface area contributed by atoms with Crippen LogP contribution in [0.15, 0.2) is 93.9 Å². The van der Waals surface area contributed by atoms with Crippen LogP contribution in [-0.2, 0) is 16.1 Å². The van der Waals surface area contributed by atoms with Gasteiger partial charge in [0.2, 0.25) is 0 Å². The zero-order valence-corrected chi connectivity index (χ0v) is 25.0. The third kappa shape index (κ3) is 6.26. The summed E-state index contributed by atoms with van der Waals surface area (Å²) in [6.07, 6.45) is 1.79. The van der Waals surface area contributed by atoms with E-state index in [0.717, 1.165) is 22.4 Å². The second-order valence-electron chi connectivity index (χ2n) is 10.1.